The summed E-state index contributed by atoms with van der Waals surface area (Å²) in [5.41, 5.74) is 0. The van der Waals surface area contributed by atoms with E-state index in [9.17, 15) is 0 Å². The van der Waals surface area contributed by atoms with Crippen LogP contribution >= 0.6 is 83.2 Å². The maximum absolute atomic E-state index is 4.46. The second-order valence-electron chi connectivity index (χ2n) is 25.4. The molecule has 8 heteroatoms. The van der Waals surface area contributed by atoms with Crippen LogP contribution in [0, 0.1) is 0 Å². The van der Waals surface area contributed by atoms with Crippen LogP contribution in [0.5, 0.6) is 0 Å². The number of rotatable bonds is 16. The molecule has 0 unspecified atom stereocenters. The summed E-state index contributed by atoms with van der Waals surface area (Å²) >= 11 is 17.8. The van der Waals surface area contributed by atoms with Crippen LogP contribution in [0.1, 0.15) is 0 Å². The van der Waals surface area contributed by atoms with Crippen LogP contribution in [0.4, 0.5) is 0 Å². The first-order chi connectivity index (χ1) is 51.0. The molecule has 0 amide bonds. The van der Waals surface area contributed by atoms with E-state index in [1.54, 1.807) is 0 Å². The fraction of sp³-hybridized carbons (Fsp3) is 0. The Bertz CT molecular complexity index is 3940. The Morgan fingerprint density at radius 1 is 0.0865 bits per heavy atom. The van der Waals surface area contributed by atoms with Gasteiger partial charge in [0, 0.05) is 0 Å². The molecule has 0 aliphatic rings. The van der Waals surface area contributed by atoms with E-state index in [4.69, 9.17) is 0 Å². The molecule has 16 aromatic rings. The van der Waals surface area contributed by atoms with Gasteiger partial charge in [-0.2, -0.15) is 0 Å². The molecule has 0 bridgehead atoms. The van der Waals surface area contributed by atoms with E-state index < -0.39 is 21.2 Å². The van der Waals surface area contributed by atoms with Gasteiger partial charge in [0.2, 0.25) is 0 Å². The maximum atomic E-state index is 4.46. The summed E-state index contributed by atoms with van der Waals surface area (Å²) in [4.78, 5) is 0. The van der Waals surface area contributed by atoms with E-state index >= 15 is 0 Å². The molecule has 0 aliphatic heterocycles. The molecule has 0 fully saturated rings. The minimum atomic E-state index is -3.00. The number of hydrogen-bond donors (Lipinski definition) is 0. The molecule has 0 atom stereocenters. The first kappa shape index (κ1) is 73.5. The topological polar surface area (TPSA) is 0 Å². The molecule has 512 valence electrons. The molecule has 0 radical (unpaired) electrons. The van der Waals surface area contributed by atoms with Gasteiger partial charge < -0.3 is 0 Å². The average Bonchev–Trinajstić information content (AvgIpc) is 0.716. The van der Waals surface area contributed by atoms with Gasteiger partial charge in [-0.05, 0) is 0 Å². The number of benzene rings is 16. The Labute approximate surface area is 647 Å². The van der Waals surface area contributed by atoms with Gasteiger partial charge in [-0.1, -0.05) is 0 Å². The van der Waals surface area contributed by atoms with E-state index in [-0.39, 0.29) is 0 Å². The molecule has 0 N–H and O–H groups in total. The Kier molecular flexibility index (Phi) is 22.8. The van der Waals surface area contributed by atoms with E-state index in [0.29, 0.717) is 0 Å². The van der Waals surface area contributed by atoms with Crippen molar-refractivity contribution in [2.45, 2.75) is 0 Å². The first-order valence-electron chi connectivity index (χ1n) is 34.8. The summed E-state index contributed by atoms with van der Waals surface area (Å²) in [5.74, 6) is 0. The fourth-order valence-corrected chi connectivity index (χ4v) is 45.1. The molecule has 0 nitrogen and oxygen atoms in total. The van der Waals surface area contributed by atoms with Crippen LogP contribution in [-0.4, -0.2) is 0 Å². The van der Waals surface area contributed by atoms with Crippen molar-refractivity contribution in [2.75, 3.05) is 0 Å². The Hall–Kier alpha value is -8.84. The Morgan fingerprint density at radius 3 is 0.183 bits per heavy atom. The summed E-state index contributed by atoms with van der Waals surface area (Å²) in [6.45, 7) is 0. The van der Waals surface area contributed by atoms with Crippen molar-refractivity contribution in [1.29, 1.82) is 0 Å². The van der Waals surface area contributed by atoms with Gasteiger partial charge >= 0.3 is 653 Å². The van der Waals surface area contributed by atoms with Gasteiger partial charge in [0.1, 0.15) is 0 Å². The van der Waals surface area contributed by atoms with Crippen molar-refractivity contribution in [3.63, 3.8) is 0 Å². The van der Waals surface area contributed by atoms with Crippen LogP contribution in [0.15, 0.2) is 485 Å². The first-order valence-corrected chi connectivity index (χ1v) is 51.8. The normalized spacial score (nSPS) is 12.9. The van der Waals surface area contributed by atoms with Crippen molar-refractivity contribution < 1.29 is 0 Å². The zero-order valence-electron chi connectivity index (χ0n) is 57.5. The van der Waals surface area contributed by atoms with Crippen molar-refractivity contribution in [2.24, 2.45) is 0 Å². The van der Waals surface area contributed by atoms with Crippen LogP contribution in [0.3, 0.4) is 0 Å². The quantitative estimate of drug-likeness (QED) is 0.0846. The van der Waals surface area contributed by atoms with E-state index in [1.165, 1.54) is 84.9 Å². The van der Waals surface area contributed by atoms with Crippen LogP contribution in [0.2, 0.25) is 0 Å². The van der Waals surface area contributed by atoms with Crippen LogP contribution in [-0.2, 0) is 0 Å². The van der Waals surface area contributed by atoms with Crippen LogP contribution in [0.25, 0.3) is 0 Å². The molecular weight excluding hydrogens is 1600 g/mol. The third-order valence-corrected chi connectivity index (χ3v) is 59.8. The SMILES string of the molecule is BrP(c1ccccc1)(c1ccccc1)(c1ccccc1)c1ccccc1.BrP(c1ccccc1)(c1ccccc1)(c1ccccc1)c1ccccc1.BrP(c1ccccc1)(c1ccccc1)(c1ccccc1)c1ccccc1.BrP(c1ccccc1)(c1ccccc1)(c1ccccc1)c1ccccc1. The summed E-state index contributed by atoms with van der Waals surface area (Å²) in [6, 6.07) is 174. The number of halogens is 4. The van der Waals surface area contributed by atoms with Gasteiger partial charge in [0.15, 0.2) is 0 Å². The van der Waals surface area contributed by atoms with Crippen molar-refractivity contribution in [1.82, 2.24) is 0 Å². The van der Waals surface area contributed by atoms with Gasteiger partial charge in [0.25, 0.3) is 0 Å². The van der Waals surface area contributed by atoms with Gasteiger partial charge in [-0.3, -0.25) is 0 Å². The third-order valence-electron chi connectivity index (χ3n) is 19.9. The van der Waals surface area contributed by atoms with Crippen molar-refractivity contribution >= 4 is 168 Å². The number of hydrogen-bond acceptors (Lipinski definition) is 0. The van der Waals surface area contributed by atoms with Crippen molar-refractivity contribution in [3.8, 4) is 0 Å². The Balaban J connectivity index is 0.000000123. The van der Waals surface area contributed by atoms with Gasteiger partial charge in [-0.25, -0.2) is 0 Å². The zero-order valence-corrected chi connectivity index (χ0v) is 67.4. The monoisotopic (exact) mass is 1670 g/mol. The second kappa shape index (κ2) is 32.3. The van der Waals surface area contributed by atoms with E-state index in [0.717, 1.165) is 0 Å². The molecule has 0 heterocycles. The summed E-state index contributed by atoms with van der Waals surface area (Å²) < 4.78 is 0. The van der Waals surface area contributed by atoms with Gasteiger partial charge in [-0.15, -0.1) is 0 Å². The molecule has 0 saturated carbocycles. The average molecular weight is 1680 g/mol. The fourth-order valence-electron chi connectivity index (χ4n) is 14.9. The predicted molar refractivity (Wildman–Crippen MR) is 481 cm³/mol. The molecular formula is C96H80Br4P4. The Morgan fingerprint density at radius 2 is 0.135 bits per heavy atom. The summed E-state index contributed by atoms with van der Waals surface area (Å²) in [7, 11) is 0. The van der Waals surface area contributed by atoms with E-state index in [1.807, 2.05) is 0 Å². The predicted octanol–water partition coefficient (Wildman–Crippen LogP) is 20.6. The third kappa shape index (κ3) is 13.0. The summed E-state index contributed by atoms with van der Waals surface area (Å²) in [6.07, 6.45) is 0. The molecule has 0 saturated heterocycles. The van der Waals surface area contributed by atoms with Gasteiger partial charge in [0.05, 0.1) is 0 Å². The molecule has 0 aromatic heterocycles. The molecule has 0 aliphatic carbocycles. The molecule has 104 heavy (non-hydrogen) atoms. The molecule has 16 rings (SSSR count). The van der Waals surface area contributed by atoms with Crippen LogP contribution < -0.4 is 84.9 Å². The second-order valence-corrected chi connectivity index (χ2v) is 58.8. The molecule has 16 aromatic carbocycles. The minimum absolute atomic E-state index is 1.31. The summed E-state index contributed by atoms with van der Waals surface area (Å²) in [5, 5.41) is 8.90. The van der Waals surface area contributed by atoms with E-state index in [2.05, 4.69) is 547 Å². The van der Waals surface area contributed by atoms with Crippen molar-refractivity contribution in [3.05, 3.63) is 485 Å². The molecule has 0 spiro atoms. The standard InChI is InChI=1S/4C24H20BrP/c4*25-26(21-13-5-1-6-14-21,22-15-7-2-8-16-22,23-17-9-3-10-18-23)24-19-11-4-12-20-24/h4*1-20H. The zero-order chi connectivity index (χ0) is 71.6.